The second kappa shape index (κ2) is 36.7. The van der Waals surface area contributed by atoms with Gasteiger partial charge in [0.2, 0.25) is 0 Å². The standard InChI is InChI=1S/C49H87O18P/c1-3-5-7-9-11-13-15-17-18-20-21-23-25-27-29-31-38(51)62-34-36(64-39(52)32-30-28-26-24-22-19-16-14-12-10-8-6-4-2)35-63-68(60,61)67-48-45(58)43(56)42(55)44(57)47(48)66-49-46(59)41(54)40(53)37(33-50)65-49/h19,22,25,27,29,31,36-37,40-50,53-59H,3-18,20-21,23-24,26,28,30,32-35H2,1-2H3,(H,60,61)/b22-19-,27-25+,31-29+. The first-order chi connectivity index (χ1) is 32.7. The Balaban J connectivity index is 1.99. The lowest BCUT2D eigenvalue weighted by Gasteiger charge is -2.47. The highest BCUT2D eigenvalue weighted by Gasteiger charge is 2.55. The van der Waals surface area contributed by atoms with Crippen molar-refractivity contribution < 1.29 is 87.9 Å². The van der Waals surface area contributed by atoms with Crippen molar-refractivity contribution in [2.24, 2.45) is 0 Å². The third kappa shape index (κ3) is 25.3. The number of esters is 2. The van der Waals surface area contributed by atoms with Gasteiger partial charge in [0.25, 0.3) is 0 Å². The molecule has 0 radical (unpaired) electrons. The maximum absolute atomic E-state index is 13.4. The van der Waals surface area contributed by atoms with Crippen LogP contribution in [0, 0.1) is 0 Å². The average Bonchev–Trinajstić information content (AvgIpc) is 3.32. The van der Waals surface area contributed by atoms with Crippen LogP contribution in [0.5, 0.6) is 0 Å². The molecule has 1 aliphatic heterocycles. The molecule has 0 aromatic carbocycles. The van der Waals surface area contributed by atoms with E-state index in [1.807, 2.05) is 6.08 Å². The number of hydrogen-bond donors (Lipinski definition) is 9. The Hall–Kier alpha value is -2.13. The van der Waals surface area contributed by atoms with Crippen LogP contribution in [-0.2, 0) is 42.1 Å². The lowest BCUT2D eigenvalue weighted by Crippen LogP contribution is -2.67. The molecular formula is C49H87O18P. The summed E-state index contributed by atoms with van der Waals surface area (Å²) in [4.78, 5) is 36.4. The molecule has 1 saturated carbocycles. The van der Waals surface area contributed by atoms with Crippen LogP contribution in [0.1, 0.15) is 168 Å². The summed E-state index contributed by atoms with van der Waals surface area (Å²) in [6, 6.07) is 0. The van der Waals surface area contributed by atoms with Crippen LogP contribution in [-0.4, -0.2) is 151 Å². The van der Waals surface area contributed by atoms with Gasteiger partial charge in [0.1, 0.15) is 67.6 Å². The smallest absolute Gasteiger partial charge is 0.458 e. The Kier molecular flexibility index (Phi) is 33.5. The quantitative estimate of drug-likeness (QED) is 0.00901. The van der Waals surface area contributed by atoms with Gasteiger partial charge in [-0.15, -0.1) is 0 Å². The maximum Gasteiger partial charge on any atom is 0.472 e. The number of ether oxygens (including phenoxy) is 4. The van der Waals surface area contributed by atoms with Crippen LogP contribution >= 0.6 is 7.82 Å². The van der Waals surface area contributed by atoms with Crippen LogP contribution in [0.2, 0.25) is 0 Å². The lowest BCUT2D eigenvalue weighted by atomic mass is 9.84. The molecule has 0 aromatic heterocycles. The van der Waals surface area contributed by atoms with Gasteiger partial charge >= 0.3 is 19.8 Å². The van der Waals surface area contributed by atoms with E-state index in [9.17, 15) is 59.9 Å². The summed E-state index contributed by atoms with van der Waals surface area (Å²) >= 11 is 0. The summed E-state index contributed by atoms with van der Waals surface area (Å²) in [5.41, 5.74) is 0. The highest BCUT2D eigenvalue weighted by molar-refractivity contribution is 7.47. The minimum Gasteiger partial charge on any atom is -0.458 e. The molecule has 2 aliphatic rings. The Morgan fingerprint density at radius 2 is 1.07 bits per heavy atom. The fourth-order valence-corrected chi connectivity index (χ4v) is 8.93. The maximum atomic E-state index is 13.4. The van der Waals surface area contributed by atoms with Gasteiger partial charge in [-0.3, -0.25) is 13.8 Å². The third-order valence-corrected chi connectivity index (χ3v) is 13.2. The van der Waals surface area contributed by atoms with Crippen molar-refractivity contribution in [3.8, 4) is 0 Å². The molecule has 13 atom stereocenters. The van der Waals surface area contributed by atoms with E-state index in [4.69, 9.17) is 28.0 Å². The van der Waals surface area contributed by atoms with Gasteiger partial charge in [-0.25, -0.2) is 9.36 Å². The number of rotatable bonds is 38. The molecule has 0 aromatic rings. The second-order valence-corrected chi connectivity index (χ2v) is 19.5. The van der Waals surface area contributed by atoms with E-state index in [2.05, 4.69) is 26.0 Å². The van der Waals surface area contributed by atoms with E-state index in [-0.39, 0.29) is 6.42 Å². The van der Waals surface area contributed by atoms with E-state index >= 15 is 0 Å². The number of carbonyl (C=O) groups is 2. The van der Waals surface area contributed by atoms with Crippen molar-refractivity contribution in [2.45, 2.75) is 241 Å². The molecule has 1 saturated heterocycles. The number of phosphoric ester groups is 1. The normalized spacial score (nSPS) is 28.1. The zero-order valence-electron chi connectivity index (χ0n) is 40.6. The first-order valence-electron chi connectivity index (χ1n) is 25.4. The third-order valence-electron chi connectivity index (χ3n) is 12.2. The fourth-order valence-electron chi connectivity index (χ4n) is 7.96. The minimum atomic E-state index is -5.40. The first-order valence-corrected chi connectivity index (χ1v) is 26.8. The van der Waals surface area contributed by atoms with Crippen molar-refractivity contribution >= 4 is 19.8 Å². The molecule has 68 heavy (non-hydrogen) atoms. The van der Waals surface area contributed by atoms with Crippen molar-refractivity contribution in [1.29, 1.82) is 0 Å². The minimum absolute atomic E-state index is 0.00757. The van der Waals surface area contributed by atoms with Gasteiger partial charge in [-0.1, -0.05) is 147 Å². The van der Waals surface area contributed by atoms with Gasteiger partial charge in [0.15, 0.2) is 12.4 Å². The van der Waals surface area contributed by atoms with Gasteiger partial charge in [-0.2, -0.15) is 0 Å². The predicted octanol–water partition coefficient (Wildman–Crippen LogP) is 5.66. The van der Waals surface area contributed by atoms with Gasteiger partial charge in [-0.05, 0) is 44.9 Å². The van der Waals surface area contributed by atoms with Crippen LogP contribution < -0.4 is 0 Å². The summed E-state index contributed by atoms with van der Waals surface area (Å²) < 4.78 is 45.2. The highest BCUT2D eigenvalue weighted by atomic mass is 31.2. The van der Waals surface area contributed by atoms with Crippen LogP contribution in [0.15, 0.2) is 36.5 Å². The molecule has 1 heterocycles. The Labute approximate surface area is 404 Å². The van der Waals surface area contributed by atoms with Crippen molar-refractivity contribution in [3.05, 3.63) is 36.5 Å². The largest absolute Gasteiger partial charge is 0.472 e. The number of allylic oxidation sites excluding steroid dienone is 5. The molecule has 396 valence electrons. The summed E-state index contributed by atoms with van der Waals surface area (Å²) in [5.74, 6) is -1.49. The van der Waals surface area contributed by atoms with Crippen molar-refractivity contribution in [3.63, 3.8) is 0 Å². The molecule has 0 amide bonds. The van der Waals surface area contributed by atoms with Crippen LogP contribution in [0.3, 0.4) is 0 Å². The van der Waals surface area contributed by atoms with Crippen molar-refractivity contribution in [2.75, 3.05) is 19.8 Å². The Morgan fingerprint density at radius 3 is 1.62 bits per heavy atom. The summed E-state index contributed by atoms with van der Waals surface area (Å²) in [5, 5.41) is 82.9. The first kappa shape index (κ1) is 62.0. The molecule has 0 spiro atoms. The average molecular weight is 995 g/mol. The van der Waals surface area contributed by atoms with Crippen molar-refractivity contribution in [1.82, 2.24) is 0 Å². The summed E-state index contributed by atoms with van der Waals surface area (Å²) in [6.45, 7) is 2.09. The molecule has 0 bridgehead atoms. The van der Waals surface area contributed by atoms with E-state index in [1.54, 1.807) is 6.08 Å². The molecule has 9 N–H and O–H groups in total. The van der Waals surface area contributed by atoms with Crippen LogP contribution in [0.25, 0.3) is 0 Å². The molecule has 18 nitrogen and oxygen atoms in total. The second-order valence-electron chi connectivity index (χ2n) is 18.1. The number of carbonyl (C=O) groups excluding carboxylic acids is 2. The number of aliphatic hydroxyl groups is 8. The molecule has 2 rings (SSSR count). The lowest BCUT2D eigenvalue weighted by molar-refractivity contribution is -0.338. The highest BCUT2D eigenvalue weighted by Crippen LogP contribution is 2.48. The fraction of sp³-hybridized carbons (Fsp3) is 0.837. The van der Waals surface area contributed by atoms with Gasteiger partial charge in [0, 0.05) is 12.5 Å². The molecule has 13 unspecified atom stereocenters. The topological polar surface area (TPSA) is 289 Å². The van der Waals surface area contributed by atoms with Gasteiger partial charge < -0.3 is 64.7 Å². The van der Waals surface area contributed by atoms with Crippen LogP contribution in [0.4, 0.5) is 0 Å². The summed E-state index contributed by atoms with van der Waals surface area (Å²) in [7, 11) is -5.40. The molecule has 2 fully saturated rings. The molecule has 19 heteroatoms. The van der Waals surface area contributed by atoms with E-state index in [0.29, 0.717) is 6.42 Å². The van der Waals surface area contributed by atoms with Gasteiger partial charge in [0.05, 0.1) is 13.2 Å². The Morgan fingerprint density at radius 1 is 0.588 bits per heavy atom. The molecular weight excluding hydrogens is 907 g/mol. The number of aliphatic hydroxyl groups excluding tert-OH is 8. The van der Waals surface area contributed by atoms with E-state index in [1.165, 1.54) is 102 Å². The Bertz CT molecular complexity index is 1460. The predicted molar refractivity (Wildman–Crippen MR) is 254 cm³/mol. The number of hydrogen-bond acceptors (Lipinski definition) is 17. The van der Waals surface area contributed by atoms with E-state index in [0.717, 1.165) is 51.4 Å². The molecule has 1 aliphatic carbocycles. The monoisotopic (exact) mass is 995 g/mol. The zero-order valence-corrected chi connectivity index (χ0v) is 41.5. The van der Waals surface area contributed by atoms with E-state index < -0.39 is 113 Å². The zero-order chi connectivity index (χ0) is 50.2. The SMILES string of the molecule is CCCCCCCC/C=C\CCCCCC(=O)OC(COC(=O)/C=C/C=C/CCCCCCCCCCCCC)COP(=O)(O)OC1C(O)C(O)C(O)C(O)C1OC1OC(CO)C(O)C(O)C1O. The summed E-state index contributed by atoms with van der Waals surface area (Å²) in [6.07, 6.45) is 13.0. The number of unbranched alkanes of at least 4 members (excludes halogenated alkanes) is 20. The number of phosphoric acid groups is 1.